The molecule has 0 bridgehead atoms. The number of likely N-dealkylation sites (tertiary alicyclic amines) is 1. The van der Waals surface area contributed by atoms with Gasteiger partial charge in [-0.3, -0.25) is 10.0 Å². The number of nitrogens with zero attached hydrogens (tertiary/aromatic N) is 3. The summed E-state index contributed by atoms with van der Waals surface area (Å²) in [4.78, 5) is 16.9. The maximum atomic E-state index is 11.1. The van der Waals surface area contributed by atoms with E-state index in [4.69, 9.17) is 5.73 Å². The summed E-state index contributed by atoms with van der Waals surface area (Å²) in [7, 11) is 0. The van der Waals surface area contributed by atoms with Gasteiger partial charge in [0.2, 0.25) is 0 Å². The standard InChI is InChI=1S/C10H13N5O/c11-10(16)14-3-1-8-7(6-14)9-5-12-2-4-15(9)13-8/h2,4-5,8,13H,1,3,6H2,(H2,11,16). The lowest BCUT2D eigenvalue weighted by atomic mass is 9.99. The number of primary amides is 1. The molecule has 0 aliphatic carbocycles. The Hall–Kier alpha value is -1.82. The summed E-state index contributed by atoms with van der Waals surface area (Å²) in [5, 5.41) is 1.96. The van der Waals surface area contributed by atoms with Crippen molar-refractivity contribution in [3.63, 3.8) is 0 Å². The van der Waals surface area contributed by atoms with Crippen LogP contribution in [0.2, 0.25) is 0 Å². The van der Waals surface area contributed by atoms with Crippen molar-refractivity contribution in [2.45, 2.75) is 12.5 Å². The van der Waals surface area contributed by atoms with E-state index in [1.165, 1.54) is 5.57 Å². The van der Waals surface area contributed by atoms with E-state index in [0.29, 0.717) is 19.1 Å². The van der Waals surface area contributed by atoms with E-state index in [0.717, 1.165) is 12.1 Å². The number of aliphatic imine (C=N–C) groups is 1. The number of rotatable bonds is 0. The van der Waals surface area contributed by atoms with Crippen LogP contribution in [0, 0.1) is 0 Å². The average molecular weight is 219 g/mol. The van der Waals surface area contributed by atoms with Gasteiger partial charge in [0.1, 0.15) is 0 Å². The molecule has 1 atom stereocenters. The van der Waals surface area contributed by atoms with E-state index in [2.05, 4.69) is 10.4 Å². The Kier molecular flexibility index (Phi) is 1.97. The Morgan fingerprint density at radius 3 is 3.31 bits per heavy atom. The number of nitrogens with two attached hydrogens (primary N) is 1. The lowest BCUT2D eigenvalue weighted by Crippen LogP contribution is -2.47. The van der Waals surface area contributed by atoms with Gasteiger partial charge in [-0.1, -0.05) is 0 Å². The zero-order chi connectivity index (χ0) is 11.1. The first kappa shape index (κ1) is 9.41. The lowest BCUT2D eigenvalue weighted by Gasteiger charge is -2.30. The number of urea groups is 1. The largest absolute Gasteiger partial charge is 0.351 e. The fourth-order valence-corrected chi connectivity index (χ4v) is 2.32. The highest BCUT2D eigenvalue weighted by atomic mass is 16.2. The summed E-state index contributed by atoms with van der Waals surface area (Å²) >= 11 is 0. The molecule has 3 N–H and O–H groups in total. The number of nitrogens with one attached hydrogen (secondary N) is 1. The molecular formula is C10H13N5O. The van der Waals surface area contributed by atoms with Crippen LogP contribution in [0.25, 0.3) is 0 Å². The van der Waals surface area contributed by atoms with Gasteiger partial charge in [0.25, 0.3) is 0 Å². The van der Waals surface area contributed by atoms with E-state index in [1.54, 1.807) is 11.1 Å². The number of hydrazine groups is 1. The molecule has 0 spiro atoms. The smallest absolute Gasteiger partial charge is 0.315 e. The highest BCUT2D eigenvalue weighted by molar-refractivity contribution is 5.82. The van der Waals surface area contributed by atoms with E-state index >= 15 is 0 Å². The van der Waals surface area contributed by atoms with Gasteiger partial charge in [-0.25, -0.2) is 10.2 Å². The fourth-order valence-electron chi connectivity index (χ4n) is 2.32. The van der Waals surface area contributed by atoms with Crippen LogP contribution in [0.5, 0.6) is 0 Å². The zero-order valence-corrected chi connectivity index (χ0v) is 8.76. The molecule has 0 aromatic heterocycles. The van der Waals surface area contributed by atoms with Crippen LogP contribution in [0.4, 0.5) is 4.79 Å². The first-order chi connectivity index (χ1) is 7.75. The van der Waals surface area contributed by atoms with Gasteiger partial charge in [-0.15, -0.1) is 0 Å². The molecule has 0 aromatic rings. The van der Waals surface area contributed by atoms with Crippen LogP contribution < -0.4 is 11.2 Å². The topological polar surface area (TPSA) is 74.0 Å². The molecule has 1 fully saturated rings. The Morgan fingerprint density at radius 2 is 2.50 bits per heavy atom. The second-order valence-corrected chi connectivity index (χ2v) is 4.09. The summed E-state index contributed by atoms with van der Waals surface area (Å²) in [6.07, 6.45) is 6.32. The van der Waals surface area contributed by atoms with E-state index < -0.39 is 0 Å². The molecule has 1 saturated heterocycles. The normalized spacial score (nSPS) is 27.1. The molecule has 6 nitrogen and oxygen atoms in total. The Labute approximate surface area is 93.1 Å². The van der Waals surface area contributed by atoms with Gasteiger partial charge >= 0.3 is 6.03 Å². The molecule has 84 valence electrons. The summed E-state index contributed by atoms with van der Waals surface area (Å²) in [6.45, 7) is 1.30. The minimum Gasteiger partial charge on any atom is -0.351 e. The molecule has 3 aliphatic rings. The number of carbonyl (C=O) groups excluding carboxylic acids is 1. The lowest BCUT2D eigenvalue weighted by molar-refractivity contribution is 0.199. The minimum absolute atomic E-state index is 0.305. The quantitative estimate of drug-likeness (QED) is 0.591. The van der Waals surface area contributed by atoms with Crippen LogP contribution in [-0.4, -0.2) is 41.3 Å². The average Bonchev–Trinajstić information content (AvgIpc) is 2.66. The molecule has 0 radical (unpaired) electrons. The summed E-state index contributed by atoms with van der Waals surface area (Å²) in [5.74, 6) is 0. The van der Waals surface area contributed by atoms with Gasteiger partial charge in [0, 0.05) is 25.5 Å². The first-order valence-corrected chi connectivity index (χ1v) is 5.28. The Morgan fingerprint density at radius 1 is 1.62 bits per heavy atom. The number of carbonyl (C=O) groups is 1. The molecule has 3 heterocycles. The number of allylic oxidation sites excluding steroid dienone is 1. The van der Waals surface area contributed by atoms with Gasteiger partial charge in [0.05, 0.1) is 18.0 Å². The molecule has 3 rings (SSSR count). The van der Waals surface area contributed by atoms with Crippen molar-refractivity contribution in [1.82, 2.24) is 15.3 Å². The molecule has 16 heavy (non-hydrogen) atoms. The third-order valence-electron chi connectivity index (χ3n) is 3.16. The molecule has 2 amide bonds. The third-order valence-corrected chi connectivity index (χ3v) is 3.16. The molecule has 1 unspecified atom stereocenters. The van der Waals surface area contributed by atoms with Gasteiger partial charge in [-0.05, 0) is 12.0 Å². The highest BCUT2D eigenvalue weighted by Crippen LogP contribution is 2.27. The second-order valence-electron chi connectivity index (χ2n) is 4.09. The van der Waals surface area contributed by atoms with Crippen molar-refractivity contribution in [1.29, 1.82) is 0 Å². The van der Waals surface area contributed by atoms with E-state index in [9.17, 15) is 4.79 Å². The maximum absolute atomic E-state index is 11.1. The van der Waals surface area contributed by atoms with Gasteiger partial charge in [0.15, 0.2) is 0 Å². The molecular weight excluding hydrogens is 206 g/mol. The van der Waals surface area contributed by atoms with E-state index in [-0.39, 0.29) is 6.03 Å². The van der Waals surface area contributed by atoms with Crippen molar-refractivity contribution in [3.8, 4) is 0 Å². The van der Waals surface area contributed by atoms with Crippen LogP contribution >= 0.6 is 0 Å². The maximum Gasteiger partial charge on any atom is 0.315 e. The molecule has 0 aromatic carbocycles. The minimum atomic E-state index is -0.353. The van der Waals surface area contributed by atoms with Crippen LogP contribution in [0.15, 0.2) is 28.7 Å². The number of amides is 2. The fraction of sp³-hybridized carbons (Fsp3) is 0.400. The predicted molar refractivity (Wildman–Crippen MR) is 59.2 cm³/mol. The Balaban J connectivity index is 1.91. The van der Waals surface area contributed by atoms with Crippen molar-refractivity contribution >= 4 is 12.2 Å². The zero-order valence-electron chi connectivity index (χ0n) is 8.76. The number of hydrogen-bond acceptors (Lipinski definition) is 4. The third kappa shape index (κ3) is 1.30. The van der Waals surface area contributed by atoms with Gasteiger partial charge in [-0.2, -0.15) is 0 Å². The molecule has 3 aliphatic heterocycles. The van der Waals surface area contributed by atoms with Crippen molar-refractivity contribution in [2.24, 2.45) is 10.7 Å². The number of hydrogen-bond donors (Lipinski definition) is 2. The number of piperidine rings is 1. The van der Waals surface area contributed by atoms with Gasteiger partial charge < -0.3 is 10.6 Å². The Bertz CT molecular complexity index is 425. The summed E-state index contributed by atoms with van der Waals surface area (Å²) in [5.41, 5.74) is 10.9. The van der Waals surface area contributed by atoms with Crippen molar-refractivity contribution in [3.05, 3.63) is 23.7 Å². The predicted octanol–water partition coefficient (Wildman–Crippen LogP) is -0.231. The monoisotopic (exact) mass is 219 g/mol. The van der Waals surface area contributed by atoms with Crippen molar-refractivity contribution < 1.29 is 4.79 Å². The van der Waals surface area contributed by atoms with Crippen LogP contribution in [-0.2, 0) is 0 Å². The molecule has 0 saturated carbocycles. The first-order valence-electron chi connectivity index (χ1n) is 5.28. The van der Waals surface area contributed by atoms with Crippen LogP contribution in [0.1, 0.15) is 6.42 Å². The van der Waals surface area contributed by atoms with Crippen LogP contribution in [0.3, 0.4) is 0 Å². The van der Waals surface area contributed by atoms with Crippen molar-refractivity contribution in [2.75, 3.05) is 13.1 Å². The van der Waals surface area contributed by atoms with E-state index in [1.807, 2.05) is 17.4 Å². The SMILES string of the molecule is NC(=O)N1CCC2NN3C=CN=CC3=C2C1. The highest BCUT2D eigenvalue weighted by Gasteiger charge is 2.35. The molecule has 6 heteroatoms. The summed E-state index contributed by atoms with van der Waals surface area (Å²) in [6, 6.07) is -0.0481. The number of fused-ring (bicyclic) bond motifs is 2. The summed E-state index contributed by atoms with van der Waals surface area (Å²) < 4.78 is 0. The second kappa shape index (κ2) is 3.34.